The lowest BCUT2D eigenvalue weighted by Crippen LogP contribution is -2.46. The minimum absolute atomic E-state index is 0. The molecule has 3 rings (SSSR count). The number of guanidine groups is 1. The lowest BCUT2D eigenvalue weighted by Gasteiger charge is -2.34. The second-order valence-corrected chi connectivity index (χ2v) is 8.20. The van der Waals surface area contributed by atoms with E-state index < -0.39 is 0 Å². The van der Waals surface area contributed by atoms with Crippen LogP contribution in [0.1, 0.15) is 25.8 Å². The van der Waals surface area contributed by atoms with Gasteiger partial charge in [0.05, 0.1) is 0 Å². The van der Waals surface area contributed by atoms with Crippen molar-refractivity contribution >= 4 is 35.5 Å². The van der Waals surface area contributed by atoms with Gasteiger partial charge in [-0.15, -0.1) is 24.0 Å². The Morgan fingerprint density at radius 1 is 1.10 bits per heavy atom. The number of rotatable bonds is 6. The Morgan fingerprint density at radius 3 is 2.45 bits per heavy atom. The minimum atomic E-state index is 0. The van der Waals surface area contributed by atoms with E-state index in [1.54, 1.807) is 0 Å². The van der Waals surface area contributed by atoms with Gasteiger partial charge in [-0.3, -0.25) is 4.99 Å². The quantitative estimate of drug-likeness (QED) is 0.362. The molecule has 1 atom stereocenters. The first-order valence-electron chi connectivity index (χ1n) is 10.8. The summed E-state index contributed by atoms with van der Waals surface area (Å²) in [6, 6.07) is 10.7. The Hall–Kier alpha value is -1.12. The molecule has 1 aromatic rings. The highest BCUT2D eigenvalue weighted by Gasteiger charge is 2.18. The molecule has 1 N–H and O–H groups in total. The Morgan fingerprint density at radius 2 is 1.83 bits per heavy atom. The Balaban J connectivity index is 0.00000300. The molecule has 0 aromatic heterocycles. The van der Waals surface area contributed by atoms with Crippen molar-refractivity contribution in [3.05, 3.63) is 42.0 Å². The van der Waals surface area contributed by atoms with Crippen LogP contribution in [0, 0.1) is 5.92 Å². The van der Waals surface area contributed by atoms with E-state index in [0.29, 0.717) is 5.92 Å². The van der Waals surface area contributed by atoms with E-state index in [1.165, 1.54) is 37.3 Å². The number of piperazine rings is 1. The molecule has 162 valence electrons. The molecule has 0 saturated carbocycles. The van der Waals surface area contributed by atoms with Gasteiger partial charge in [-0.2, -0.15) is 0 Å². The molecule has 2 heterocycles. The molecule has 2 aliphatic heterocycles. The zero-order valence-corrected chi connectivity index (χ0v) is 20.6. The molecule has 6 heteroatoms. The SMILES string of the molecule is CCNC(=NCC(C)CN1CCN(C)CC1)N1CC=C(c2ccccc2)CC1.I. The molecular weight excluding hydrogens is 473 g/mol. The van der Waals surface area contributed by atoms with E-state index in [1.807, 2.05) is 0 Å². The molecule has 0 aliphatic carbocycles. The Kier molecular flexibility index (Phi) is 10.4. The van der Waals surface area contributed by atoms with Crippen LogP contribution in [0.25, 0.3) is 5.57 Å². The highest BCUT2D eigenvalue weighted by atomic mass is 127. The van der Waals surface area contributed by atoms with Crippen LogP contribution in [-0.4, -0.2) is 86.6 Å². The van der Waals surface area contributed by atoms with Gasteiger partial charge in [0, 0.05) is 58.9 Å². The fourth-order valence-corrected chi connectivity index (χ4v) is 3.97. The number of nitrogens with one attached hydrogen (secondary N) is 1. The Labute approximate surface area is 194 Å². The predicted molar refractivity (Wildman–Crippen MR) is 135 cm³/mol. The maximum atomic E-state index is 4.98. The topological polar surface area (TPSA) is 34.1 Å². The summed E-state index contributed by atoms with van der Waals surface area (Å²) < 4.78 is 0. The van der Waals surface area contributed by atoms with Gasteiger partial charge in [-0.1, -0.05) is 43.3 Å². The number of hydrogen-bond acceptors (Lipinski definition) is 3. The third kappa shape index (κ3) is 7.57. The number of likely N-dealkylation sites (N-methyl/N-ethyl adjacent to an activating group) is 1. The van der Waals surface area contributed by atoms with Gasteiger partial charge in [0.25, 0.3) is 0 Å². The number of hydrogen-bond donors (Lipinski definition) is 1. The van der Waals surface area contributed by atoms with Crippen LogP contribution in [0.4, 0.5) is 0 Å². The predicted octanol–water partition coefficient (Wildman–Crippen LogP) is 3.24. The second kappa shape index (κ2) is 12.5. The third-order valence-electron chi connectivity index (χ3n) is 5.71. The van der Waals surface area contributed by atoms with Crippen LogP contribution in [0.5, 0.6) is 0 Å². The standard InChI is InChI=1S/C23H37N5.HI/c1-4-24-23(25-18-20(2)19-27-16-14-26(3)15-17-27)28-12-10-22(11-13-28)21-8-6-5-7-9-21;/h5-10,20H,4,11-19H2,1-3H3,(H,24,25);1H. The number of aliphatic imine (C=N–C) groups is 1. The monoisotopic (exact) mass is 511 g/mol. The van der Waals surface area contributed by atoms with Crippen molar-refractivity contribution in [1.82, 2.24) is 20.0 Å². The lowest BCUT2D eigenvalue weighted by molar-refractivity contribution is 0.140. The molecule has 5 nitrogen and oxygen atoms in total. The van der Waals surface area contributed by atoms with Gasteiger partial charge < -0.3 is 20.0 Å². The van der Waals surface area contributed by atoms with E-state index in [9.17, 15) is 0 Å². The minimum Gasteiger partial charge on any atom is -0.357 e. The summed E-state index contributed by atoms with van der Waals surface area (Å²) in [7, 11) is 2.21. The zero-order chi connectivity index (χ0) is 19.8. The summed E-state index contributed by atoms with van der Waals surface area (Å²) in [5, 5.41) is 3.50. The molecular formula is C23H38IN5. The Bertz CT molecular complexity index is 652. The fraction of sp³-hybridized carbons (Fsp3) is 0.609. The molecule has 0 spiro atoms. The van der Waals surface area contributed by atoms with Crippen molar-refractivity contribution in [3.63, 3.8) is 0 Å². The molecule has 2 aliphatic rings. The first-order chi connectivity index (χ1) is 13.7. The van der Waals surface area contributed by atoms with Gasteiger partial charge in [-0.25, -0.2) is 0 Å². The van der Waals surface area contributed by atoms with Gasteiger partial charge in [0.1, 0.15) is 0 Å². The van der Waals surface area contributed by atoms with Crippen molar-refractivity contribution < 1.29 is 0 Å². The van der Waals surface area contributed by atoms with Crippen LogP contribution in [-0.2, 0) is 0 Å². The molecule has 1 unspecified atom stereocenters. The van der Waals surface area contributed by atoms with Crippen molar-refractivity contribution in [3.8, 4) is 0 Å². The number of benzene rings is 1. The number of halogens is 1. The van der Waals surface area contributed by atoms with Crippen molar-refractivity contribution in [2.45, 2.75) is 20.3 Å². The summed E-state index contributed by atoms with van der Waals surface area (Å²) in [6.45, 7) is 14.1. The van der Waals surface area contributed by atoms with Crippen LogP contribution in [0.3, 0.4) is 0 Å². The lowest BCUT2D eigenvalue weighted by atomic mass is 10.00. The highest BCUT2D eigenvalue weighted by Crippen LogP contribution is 2.22. The van der Waals surface area contributed by atoms with E-state index >= 15 is 0 Å². The summed E-state index contributed by atoms with van der Waals surface area (Å²) in [5.41, 5.74) is 2.81. The average molecular weight is 511 g/mol. The smallest absolute Gasteiger partial charge is 0.194 e. The van der Waals surface area contributed by atoms with Crippen LogP contribution < -0.4 is 5.32 Å². The van der Waals surface area contributed by atoms with Gasteiger partial charge in [0.2, 0.25) is 0 Å². The van der Waals surface area contributed by atoms with Crippen LogP contribution >= 0.6 is 24.0 Å². The molecule has 0 amide bonds. The molecule has 0 radical (unpaired) electrons. The van der Waals surface area contributed by atoms with Crippen molar-refractivity contribution in [2.75, 3.05) is 66.0 Å². The van der Waals surface area contributed by atoms with E-state index in [2.05, 4.69) is 77.3 Å². The maximum Gasteiger partial charge on any atom is 0.194 e. The highest BCUT2D eigenvalue weighted by molar-refractivity contribution is 14.0. The van der Waals surface area contributed by atoms with Gasteiger partial charge in [-0.05, 0) is 37.4 Å². The van der Waals surface area contributed by atoms with Crippen LogP contribution in [0.2, 0.25) is 0 Å². The summed E-state index contributed by atoms with van der Waals surface area (Å²) >= 11 is 0. The van der Waals surface area contributed by atoms with E-state index in [0.717, 1.165) is 45.1 Å². The maximum absolute atomic E-state index is 4.98. The van der Waals surface area contributed by atoms with Crippen LogP contribution in [0.15, 0.2) is 41.4 Å². The third-order valence-corrected chi connectivity index (χ3v) is 5.71. The molecule has 0 bridgehead atoms. The molecule has 29 heavy (non-hydrogen) atoms. The molecule has 1 saturated heterocycles. The normalized spacial score (nSPS) is 20.0. The van der Waals surface area contributed by atoms with Crippen molar-refractivity contribution in [2.24, 2.45) is 10.9 Å². The van der Waals surface area contributed by atoms with Crippen molar-refractivity contribution in [1.29, 1.82) is 0 Å². The fourth-order valence-electron chi connectivity index (χ4n) is 3.97. The summed E-state index contributed by atoms with van der Waals surface area (Å²) in [6.07, 6.45) is 3.44. The van der Waals surface area contributed by atoms with Gasteiger partial charge >= 0.3 is 0 Å². The summed E-state index contributed by atoms with van der Waals surface area (Å²) in [4.78, 5) is 12.4. The van der Waals surface area contributed by atoms with E-state index in [-0.39, 0.29) is 24.0 Å². The molecule has 1 fully saturated rings. The first kappa shape index (κ1) is 24.2. The average Bonchev–Trinajstić information content (AvgIpc) is 2.73. The zero-order valence-electron chi connectivity index (χ0n) is 18.3. The second-order valence-electron chi connectivity index (χ2n) is 8.20. The molecule has 1 aromatic carbocycles. The summed E-state index contributed by atoms with van der Waals surface area (Å²) in [5.74, 6) is 1.65. The largest absolute Gasteiger partial charge is 0.357 e. The van der Waals surface area contributed by atoms with E-state index in [4.69, 9.17) is 4.99 Å². The van der Waals surface area contributed by atoms with Gasteiger partial charge in [0.15, 0.2) is 5.96 Å². The number of nitrogens with zero attached hydrogens (tertiary/aromatic N) is 4. The first-order valence-corrected chi connectivity index (χ1v) is 10.8.